The van der Waals surface area contributed by atoms with Crippen molar-refractivity contribution >= 4 is 28.7 Å². The van der Waals surface area contributed by atoms with Crippen molar-refractivity contribution in [2.24, 2.45) is 0 Å². The van der Waals surface area contributed by atoms with E-state index in [1.807, 2.05) is 13.2 Å². The van der Waals surface area contributed by atoms with Crippen LogP contribution in [0.15, 0.2) is 24.5 Å². The number of benzene rings is 1. The van der Waals surface area contributed by atoms with Crippen molar-refractivity contribution in [3.63, 3.8) is 0 Å². The second kappa shape index (κ2) is 9.84. The van der Waals surface area contributed by atoms with E-state index in [4.69, 9.17) is 11.6 Å². The quantitative estimate of drug-likeness (QED) is 0.252. The van der Waals surface area contributed by atoms with Crippen molar-refractivity contribution in [3.8, 4) is 0 Å². The molecule has 2 rings (SSSR count). The number of hydrogen-bond acceptors (Lipinski definition) is 6. The highest BCUT2D eigenvalue weighted by Crippen LogP contribution is 2.34. The standard InChI is InChI=1S/C19H32ClN6O2/c1-23-10-11-24(15-23)9-5-7-22-18-14-17(16(20)13-19(18)25(27)28)21-8-6-12-26(2,3)4/h10-11,13-14,21-22H,5-9,12,15H2,1-4H3/q+1. The van der Waals surface area contributed by atoms with Crippen molar-refractivity contribution in [1.29, 1.82) is 0 Å². The first-order chi connectivity index (χ1) is 13.2. The van der Waals surface area contributed by atoms with E-state index in [9.17, 15) is 10.1 Å². The number of nitro groups is 1. The molecule has 8 nitrogen and oxygen atoms in total. The second-order valence-electron chi connectivity index (χ2n) is 8.19. The van der Waals surface area contributed by atoms with E-state index >= 15 is 0 Å². The Kier molecular flexibility index (Phi) is 7.77. The minimum absolute atomic E-state index is 0.00251. The number of nitrogens with one attached hydrogen (secondary N) is 2. The van der Waals surface area contributed by atoms with Gasteiger partial charge >= 0.3 is 0 Å². The SMILES string of the molecule is CN1C=CN(CCCNc2cc(NCCC[N+](C)(C)C)c(Cl)cc2[N+](=O)[O-])C1. The van der Waals surface area contributed by atoms with Crippen molar-refractivity contribution < 1.29 is 9.41 Å². The fraction of sp³-hybridized carbons (Fsp3) is 0.579. The highest BCUT2D eigenvalue weighted by molar-refractivity contribution is 6.33. The van der Waals surface area contributed by atoms with Crippen molar-refractivity contribution in [2.75, 3.05) is 71.7 Å². The summed E-state index contributed by atoms with van der Waals surface area (Å²) >= 11 is 6.26. The molecular formula is C19H32ClN6O2+. The lowest BCUT2D eigenvalue weighted by Crippen LogP contribution is -2.36. The molecule has 2 N–H and O–H groups in total. The number of nitrogens with zero attached hydrogens (tertiary/aromatic N) is 4. The van der Waals surface area contributed by atoms with Crippen LogP contribution < -0.4 is 10.6 Å². The maximum Gasteiger partial charge on any atom is 0.293 e. The Bertz CT molecular complexity index is 704. The zero-order chi connectivity index (χ0) is 20.7. The van der Waals surface area contributed by atoms with Gasteiger partial charge in [-0.05, 0) is 12.5 Å². The summed E-state index contributed by atoms with van der Waals surface area (Å²) < 4.78 is 0.893. The molecule has 0 bridgehead atoms. The molecule has 0 spiro atoms. The lowest BCUT2D eigenvalue weighted by molar-refractivity contribution is -0.870. The van der Waals surface area contributed by atoms with E-state index in [0.29, 0.717) is 17.3 Å². The molecular weight excluding hydrogens is 380 g/mol. The normalized spacial score (nSPS) is 13.9. The Hall–Kier alpha value is -2.19. The summed E-state index contributed by atoms with van der Waals surface area (Å²) in [6.07, 6.45) is 5.96. The van der Waals surface area contributed by atoms with Gasteiger partial charge in [-0.3, -0.25) is 10.1 Å². The molecule has 0 atom stereocenters. The number of nitro benzene ring substituents is 1. The molecule has 0 aromatic heterocycles. The molecule has 0 unspecified atom stereocenters. The number of rotatable bonds is 11. The molecule has 1 heterocycles. The topological polar surface area (TPSA) is 73.7 Å². The summed E-state index contributed by atoms with van der Waals surface area (Å²) in [5.74, 6) is 0. The molecule has 0 amide bonds. The molecule has 0 aliphatic carbocycles. The molecule has 0 saturated carbocycles. The lowest BCUT2D eigenvalue weighted by atomic mass is 10.2. The summed E-state index contributed by atoms with van der Waals surface area (Å²) in [5.41, 5.74) is 1.22. The molecule has 28 heavy (non-hydrogen) atoms. The molecule has 1 aromatic rings. The number of hydrogen-bond donors (Lipinski definition) is 2. The van der Waals surface area contributed by atoms with Crippen LogP contribution in [0.25, 0.3) is 0 Å². The number of anilines is 2. The zero-order valence-electron chi connectivity index (χ0n) is 17.2. The fourth-order valence-electron chi connectivity index (χ4n) is 3.01. The van der Waals surface area contributed by atoms with Gasteiger partial charge in [-0.1, -0.05) is 11.6 Å². The minimum atomic E-state index is -0.396. The average molecular weight is 412 g/mol. The molecule has 9 heteroatoms. The highest BCUT2D eigenvalue weighted by atomic mass is 35.5. The summed E-state index contributed by atoms with van der Waals surface area (Å²) in [7, 11) is 8.48. The maximum absolute atomic E-state index is 11.4. The van der Waals surface area contributed by atoms with E-state index in [1.165, 1.54) is 6.07 Å². The summed E-state index contributed by atoms with van der Waals surface area (Å²) in [6, 6.07) is 3.17. The first-order valence-corrected chi connectivity index (χ1v) is 9.92. The van der Waals surface area contributed by atoms with Gasteiger partial charge in [-0.15, -0.1) is 0 Å². The predicted molar refractivity (Wildman–Crippen MR) is 116 cm³/mol. The summed E-state index contributed by atoms with van der Waals surface area (Å²) in [6.45, 7) is 4.22. The van der Waals surface area contributed by atoms with Crippen LogP contribution in [0, 0.1) is 10.1 Å². The van der Waals surface area contributed by atoms with E-state index in [-0.39, 0.29) is 5.69 Å². The van der Waals surface area contributed by atoms with Gasteiger partial charge in [0.05, 0.1) is 50.0 Å². The van der Waals surface area contributed by atoms with E-state index in [0.717, 1.165) is 49.3 Å². The van der Waals surface area contributed by atoms with Crippen LogP contribution in [0.5, 0.6) is 0 Å². The predicted octanol–water partition coefficient (Wildman–Crippen LogP) is 3.23. The van der Waals surface area contributed by atoms with Crippen LogP contribution in [0.1, 0.15) is 12.8 Å². The first kappa shape index (κ1) is 22.1. The van der Waals surface area contributed by atoms with E-state index in [2.05, 4.69) is 47.8 Å². The summed E-state index contributed by atoms with van der Waals surface area (Å²) in [4.78, 5) is 15.3. The molecule has 156 valence electrons. The monoisotopic (exact) mass is 411 g/mol. The fourth-order valence-corrected chi connectivity index (χ4v) is 3.23. The minimum Gasteiger partial charge on any atom is -0.384 e. The van der Waals surface area contributed by atoms with Crippen molar-refractivity contribution in [2.45, 2.75) is 12.8 Å². The summed E-state index contributed by atoms with van der Waals surface area (Å²) in [5, 5.41) is 18.3. The first-order valence-electron chi connectivity index (χ1n) is 9.54. The lowest BCUT2D eigenvalue weighted by Gasteiger charge is -2.24. The third-order valence-corrected chi connectivity index (χ3v) is 4.79. The van der Waals surface area contributed by atoms with Crippen LogP contribution >= 0.6 is 11.6 Å². The molecule has 1 aliphatic rings. The number of halogens is 1. The Labute approximate surface area is 172 Å². The third-order valence-electron chi connectivity index (χ3n) is 4.48. The third kappa shape index (κ3) is 7.09. The van der Waals surface area contributed by atoms with Gasteiger partial charge in [-0.25, -0.2) is 0 Å². The van der Waals surface area contributed by atoms with Gasteiger partial charge in [0.15, 0.2) is 0 Å². The van der Waals surface area contributed by atoms with Gasteiger partial charge in [0.25, 0.3) is 5.69 Å². The van der Waals surface area contributed by atoms with E-state index in [1.54, 1.807) is 6.07 Å². The molecule has 0 fully saturated rings. The van der Waals surface area contributed by atoms with Crippen LogP contribution in [0.4, 0.5) is 17.1 Å². The molecule has 1 aromatic carbocycles. The van der Waals surface area contributed by atoms with Crippen LogP contribution in [0.2, 0.25) is 5.02 Å². The molecule has 0 saturated heterocycles. The van der Waals surface area contributed by atoms with Gasteiger partial charge in [0.2, 0.25) is 0 Å². The second-order valence-corrected chi connectivity index (χ2v) is 8.60. The Morgan fingerprint density at radius 3 is 2.43 bits per heavy atom. The van der Waals surface area contributed by atoms with Crippen LogP contribution in [0.3, 0.4) is 0 Å². The Morgan fingerprint density at radius 1 is 1.14 bits per heavy atom. The average Bonchev–Trinajstić information content (AvgIpc) is 3.01. The molecule has 0 radical (unpaired) electrons. The van der Waals surface area contributed by atoms with Gasteiger partial charge in [0.1, 0.15) is 5.69 Å². The molecule has 1 aliphatic heterocycles. The van der Waals surface area contributed by atoms with Gasteiger partial charge in [0, 0.05) is 51.6 Å². The van der Waals surface area contributed by atoms with Crippen LogP contribution in [-0.4, -0.2) is 80.2 Å². The van der Waals surface area contributed by atoms with Crippen molar-refractivity contribution in [1.82, 2.24) is 9.80 Å². The van der Waals surface area contributed by atoms with Gasteiger partial charge in [-0.2, -0.15) is 0 Å². The number of quaternary nitrogens is 1. The maximum atomic E-state index is 11.4. The van der Waals surface area contributed by atoms with Gasteiger partial charge < -0.3 is 24.9 Å². The smallest absolute Gasteiger partial charge is 0.293 e. The zero-order valence-corrected chi connectivity index (χ0v) is 18.0. The van der Waals surface area contributed by atoms with Crippen molar-refractivity contribution in [3.05, 3.63) is 39.7 Å². The Balaban J connectivity index is 1.92. The Morgan fingerprint density at radius 2 is 1.82 bits per heavy atom. The van der Waals surface area contributed by atoms with Crippen LogP contribution in [-0.2, 0) is 0 Å². The van der Waals surface area contributed by atoms with E-state index < -0.39 is 4.92 Å². The highest BCUT2D eigenvalue weighted by Gasteiger charge is 2.18. The largest absolute Gasteiger partial charge is 0.384 e.